The molecule has 1 N–H and O–H groups in total. The number of hydrazone groups is 1. The van der Waals surface area contributed by atoms with E-state index in [0.717, 1.165) is 5.56 Å². The number of benzene rings is 2. The van der Waals surface area contributed by atoms with Gasteiger partial charge in [0, 0.05) is 17.6 Å². The lowest BCUT2D eigenvalue weighted by atomic mass is 10.0. The second-order valence-electron chi connectivity index (χ2n) is 8.11. The Labute approximate surface area is 216 Å². The third kappa shape index (κ3) is 5.36. The highest BCUT2D eigenvalue weighted by Crippen LogP contribution is 2.33. The first kappa shape index (κ1) is 24.2. The van der Waals surface area contributed by atoms with Crippen LogP contribution in [0.2, 0.25) is 5.02 Å². The molecule has 5 rings (SSSR count). The minimum absolute atomic E-state index is 0.0490. The van der Waals surface area contributed by atoms with Crippen molar-refractivity contribution in [3.8, 4) is 0 Å². The van der Waals surface area contributed by atoms with Gasteiger partial charge in [0.2, 0.25) is 0 Å². The second-order valence-corrected chi connectivity index (χ2v) is 8.54. The molecule has 8 nitrogen and oxygen atoms in total. The molecule has 4 aromatic rings. The molecule has 1 aliphatic heterocycles. The van der Waals surface area contributed by atoms with Gasteiger partial charge in [0.1, 0.15) is 29.0 Å². The Morgan fingerprint density at radius 1 is 1.08 bits per heavy atom. The number of rotatable bonds is 7. The van der Waals surface area contributed by atoms with Crippen molar-refractivity contribution in [2.75, 3.05) is 11.9 Å². The van der Waals surface area contributed by atoms with E-state index < -0.39 is 30.3 Å². The fraction of sp³-hybridized carbons (Fsp3) is 0.111. The highest BCUT2D eigenvalue weighted by molar-refractivity contribution is 6.30. The Hall–Kier alpha value is -4.50. The number of carbonyl (C=O) groups is 2. The second kappa shape index (κ2) is 10.6. The predicted octanol–water partition coefficient (Wildman–Crippen LogP) is 5.75. The summed E-state index contributed by atoms with van der Waals surface area (Å²) in [5.74, 6) is -1.18. The van der Waals surface area contributed by atoms with Crippen LogP contribution in [0.5, 0.6) is 0 Å². The van der Waals surface area contributed by atoms with Crippen LogP contribution in [0.3, 0.4) is 0 Å². The molecule has 1 amide bonds. The molecule has 0 radical (unpaired) electrons. The van der Waals surface area contributed by atoms with Crippen molar-refractivity contribution in [2.24, 2.45) is 5.10 Å². The summed E-state index contributed by atoms with van der Waals surface area (Å²) >= 11 is 6.00. The van der Waals surface area contributed by atoms with E-state index in [1.807, 2.05) is 12.1 Å². The molecule has 10 heteroatoms. The summed E-state index contributed by atoms with van der Waals surface area (Å²) in [4.78, 5) is 30.1. The summed E-state index contributed by atoms with van der Waals surface area (Å²) < 4.78 is 24.9. The van der Waals surface area contributed by atoms with E-state index in [1.54, 1.807) is 42.5 Å². The standard InChI is InChI=1S/C27H20ClFN4O4/c28-18-11-9-17(10-12-18)22-15-23(24-8-4-14-36-24)33(32-22)25(34)16-37-27(35)19-5-3-13-30-26(19)31-21-7-2-1-6-20(21)29/h1-14,23H,15-16H2,(H,30,31)/t23-/m1/s1. The normalized spacial score (nSPS) is 14.8. The number of nitrogens with zero attached hydrogens (tertiary/aromatic N) is 3. The largest absolute Gasteiger partial charge is 0.467 e. The summed E-state index contributed by atoms with van der Waals surface area (Å²) in [6.45, 7) is -0.568. The lowest BCUT2D eigenvalue weighted by Gasteiger charge is -2.19. The van der Waals surface area contributed by atoms with Gasteiger partial charge in [0.25, 0.3) is 5.91 Å². The molecule has 3 heterocycles. The van der Waals surface area contributed by atoms with Crippen molar-refractivity contribution in [2.45, 2.75) is 12.5 Å². The molecule has 1 atom stereocenters. The van der Waals surface area contributed by atoms with E-state index in [1.165, 1.54) is 35.7 Å². The molecular formula is C27H20ClFN4O4. The number of ether oxygens (including phenoxy) is 1. The Kier molecular flexibility index (Phi) is 6.96. The smallest absolute Gasteiger partial charge is 0.342 e. The number of carbonyl (C=O) groups excluding carboxylic acids is 2. The van der Waals surface area contributed by atoms with Crippen molar-refractivity contribution in [1.82, 2.24) is 9.99 Å². The average molecular weight is 519 g/mol. The first-order chi connectivity index (χ1) is 18.0. The van der Waals surface area contributed by atoms with E-state index in [-0.39, 0.29) is 17.1 Å². The zero-order chi connectivity index (χ0) is 25.8. The molecule has 0 bridgehead atoms. The fourth-order valence-electron chi connectivity index (χ4n) is 3.89. The van der Waals surface area contributed by atoms with Gasteiger partial charge in [-0.25, -0.2) is 19.2 Å². The van der Waals surface area contributed by atoms with Crippen molar-refractivity contribution in [1.29, 1.82) is 0 Å². The van der Waals surface area contributed by atoms with Crippen LogP contribution in [-0.4, -0.2) is 34.2 Å². The number of furan rings is 1. The lowest BCUT2D eigenvalue weighted by Crippen LogP contribution is -2.31. The van der Waals surface area contributed by atoms with Crippen LogP contribution in [0.25, 0.3) is 0 Å². The number of hydrogen-bond acceptors (Lipinski definition) is 7. The molecule has 0 fully saturated rings. The first-order valence-corrected chi connectivity index (χ1v) is 11.7. The Morgan fingerprint density at radius 3 is 2.65 bits per heavy atom. The Morgan fingerprint density at radius 2 is 1.89 bits per heavy atom. The summed E-state index contributed by atoms with van der Waals surface area (Å²) in [5, 5.41) is 9.14. The van der Waals surface area contributed by atoms with Gasteiger partial charge in [0.05, 0.1) is 17.7 Å². The van der Waals surface area contributed by atoms with Gasteiger partial charge >= 0.3 is 5.97 Å². The zero-order valence-corrected chi connectivity index (χ0v) is 20.1. The van der Waals surface area contributed by atoms with Gasteiger partial charge in [-0.15, -0.1) is 0 Å². The monoisotopic (exact) mass is 518 g/mol. The van der Waals surface area contributed by atoms with Gasteiger partial charge < -0.3 is 14.5 Å². The van der Waals surface area contributed by atoms with Crippen LogP contribution in [0.4, 0.5) is 15.9 Å². The van der Waals surface area contributed by atoms with Crippen molar-refractivity contribution in [3.63, 3.8) is 0 Å². The van der Waals surface area contributed by atoms with Crippen molar-refractivity contribution < 1.29 is 23.1 Å². The topological polar surface area (TPSA) is 97.0 Å². The zero-order valence-electron chi connectivity index (χ0n) is 19.3. The molecule has 0 saturated carbocycles. The maximum absolute atomic E-state index is 14.1. The van der Waals surface area contributed by atoms with Crippen LogP contribution in [0.15, 0.2) is 94.8 Å². The van der Waals surface area contributed by atoms with Gasteiger partial charge in [-0.3, -0.25) is 4.79 Å². The third-order valence-corrected chi connectivity index (χ3v) is 5.95. The van der Waals surface area contributed by atoms with Crippen molar-refractivity contribution in [3.05, 3.63) is 113 Å². The van der Waals surface area contributed by atoms with Crippen LogP contribution < -0.4 is 5.32 Å². The first-order valence-electron chi connectivity index (χ1n) is 11.3. The molecule has 0 aliphatic carbocycles. The third-order valence-electron chi connectivity index (χ3n) is 5.70. The minimum Gasteiger partial charge on any atom is -0.467 e. The number of amides is 1. The maximum Gasteiger partial charge on any atom is 0.342 e. The molecule has 0 unspecified atom stereocenters. The van der Waals surface area contributed by atoms with Gasteiger partial charge in [-0.2, -0.15) is 5.10 Å². The number of aromatic nitrogens is 1. The van der Waals surface area contributed by atoms with Gasteiger partial charge in [-0.1, -0.05) is 35.9 Å². The average Bonchev–Trinajstić information content (AvgIpc) is 3.60. The quantitative estimate of drug-likeness (QED) is 0.313. The summed E-state index contributed by atoms with van der Waals surface area (Å²) in [7, 11) is 0. The van der Waals surface area contributed by atoms with Crippen LogP contribution in [0.1, 0.15) is 34.1 Å². The molecule has 0 spiro atoms. The van der Waals surface area contributed by atoms with E-state index >= 15 is 0 Å². The minimum atomic E-state index is -0.795. The Bertz CT molecular complexity index is 1460. The highest BCUT2D eigenvalue weighted by Gasteiger charge is 2.35. The van der Waals surface area contributed by atoms with Crippen LogP contribution in [0, 0.1) is 5.82 Å². The highest BCUT2D eigenvalue weighted by atomic mass is 35.5. The predicted molar refractivity (Wildman–Crippen MR) is 135 cm³/mol. The summed E-state index contributed by atoms with van der Waals surface area (Å²) in [6, 6.07) is 19.1. The van der Waals surface area contributed by atoms with E-state index in [4.69, 9.17) is 20.8 Å². The molecular weight excluding hydrogens is 499 g/mol. The maximum atomic E-state index is 14.1. The molecule has 2 aromatic heterocycles. The molecule has 186 valence electrons. The number of nitrogens with one attached hydrogen (secondary N) is 1. The van der Waals surface area contributed by atoms with Gasteiger partial charge in [-0.05, 0) is 54.1 Å². The summed E-state index contributed by atoms with van der Waals surface area (Å²) in [5.41, 5.74) is 1.68. The van der Waals surface area contributed by atoms with E-state index in [9.17, 15) is 14.0 Å². The Balaban J connectivity index is 1.32. The SMILES string of the molecule is O=C(OCC(=O)N1N=C(c2ccc(Cl)cc2)C[C@@H]1c1ccco1)c1cccnc1Nc1ccccc1F. The van der Waals surface area contributed by atoms with E-state index in [0.29, 0.717) is 22.9 Å². The van der Waals surface area contributed by atoms with Crippen LogP contribution >= 0.6 is 11.6 Å². The number of pyridine rings is 1. The number of halogens is 2. The number of esters is 1. The molecule has 2 aromatic carbocycles. The molecule has 0 saturated heterocycles. The van der Waals surface area contributed by atoms with E-state index in [2.05, 4.69) is 15.4 Å². The van der Waals surface area contributed by atoms with Crippen molar-refractivity contribution >= 4 is 40.7 Å². The number of para-hydroxylation sites is 1. The molecule has 37 heavy (non-hydrogen) atoms. The van der Waals surface area contributed by atoms with Gasteiger partial charge in [0.15, 0.2) is 6.61 Å². The fourth-order valence-corrected chi connectivity index (χ4v) is 4.02. The number of anilines is 2. The van der Waals surface area contributed by atoms with Crippen LogP contribution in [-0.2, 0) is 9.53 Å². The summed E-state index contributed by atoms with van der Waals surface area (Å²) in [6.07, 6.45) is 3.38. The molecule has 1 aliphatic rings. The number of hydrogen-bond donors (Lipinski definition) is 1. The lowest BCUT2D eigenvalue weighted by molar-refractivity contribution is -0.136.